The van der Waals surface area contributed by atoms with Gasteiger partial charge in [0.15, 0.2) is 11.6 Å². The summed E-state index contributed by atoms with van der Waals surface area (Å²) >= 11 is 0. The number of aromatic nitrogens is 2. The molecule has 2 rings (SSSR count). The van der Waals surface area contributed by atoms with Crippen molar-refractivity contribution >= 4 is 23.3 Å². The molecule has 0 unspecified atom stereocenters. The molecular formula is C16H27N5O3. The van der Waals surface area contributed by atoms with Gasteiger partial charge in [0, 0.05) is 26.2 Å². The van der Waals surface area contributed by atoms with Crippen LogP contribution in [0.4, 0.5) is 17.3 Å². The van der Waals surface area contributed by atoms with Gasteiger partial charge >= 0.3 is 5.97 Å². The predicted octanol–water partition coefficient (Wildman–Crippen LogP) is 0.657. The Morgan fingerprint density at radius 1 is 1.42 bits per heavy atom. The van der Waals surface area contributed by atoms with Crippen LogP contribution in [0.15, 0.2) is 6.33 Å². The lowest BCUT2D eigenvalue weighted by Crippen LogP contribution is -2.38. The molecule has 3 N–H and O–H groups in total. The molecule has 2 heterocycles. The van der Waals surface area contributed by atoms with E-state index in [1.807, 2.05) is 18.7 Å². The Morgan fingerprint density at radius 3 is 2.71 bits per heavy atom. The number of ether oxygens (including phenoxy) is 1. The highest BCUT2D eigenvalue weighted by Gasteiger charge is 2.28. The average molecular weight is 337 g/mol. The van der Waals surface area contributed by atoms with Gasteiger partial charge in [-0.1, -0.05) is 0 Å². The number of rotatable bonds is 7. The summed E-state index contributed by atoms with van der Waals surface area (Å²) in [5.74, 6) is 1.17. The molecule has 0 saturated carbocycles. The van der Waals surface area contributed by atoms with E-state index in [4.69, 9.17) is 10.5 Å². The van der Waals surface area contributed by atoms with Gasteiger partial charge in [-0.2, -0.15) is 0 Å². The maximum atomic E-state index is 11.8. The highest BCUT2D eigenvalue weighted by atomic mass is 16.5. The maximum absolute atomic E-state index is 11.8. The molecule has 0 amide bonds. The Labute approximate surface area is 142 Å². The van der Waals surface area contributed by atoms with Gasteiger partial charge in [0.1, 0.15) is 12.0 Å². The van der Waals surface area contributed by atoms with Gasteiger partial charge in [0.05, 0.1) is 19.1 Å². The number of nitrogens with two attached hydrogens (primary N) is 1. The summed E-state index contributed by atoms with van der Waals surface area (Å²) in [6.07, 6.45) is 2.95. The van der Waals surface area contributed by atoms with E-state index in [2.05, 4.69) is 14.9 Å². The number of carbonyl (C=O) groups is 1. The number of piperidine rings is 1. The molecule has 0 atom stereocenters. The van der Waals surface area contributed by atoms with Crippen LogP contribution in [-0.2, 0) is 9.53 Å². The van der Waals surface area contributed by atoms with Crippen LogP contribution in [-0.4, -0.2) is 60.4 Å². The van der Waals surface area contributed by atoms with Crippen molar-refractivity contribution in [3.63, 3.8) is 0 Å². The first-order valence-electron chi connectivity index (χ1n) is 8.50. The third-order valence-corrected chi connectivity index (χ3v) is 4.31. The first-order chi connectivity index (χ1) is 11.6. The lowest BCUT2D eigenvalue weighted by Gasteiger charge is -2.33. The van der Waals surface area contributed by atoms with Crippen molar-refractivity contribution in [3.05, 3.63) is 6.33 Å². The molecule has 24 heavy (non-hydrogen) atoms. The molecule has 1 aliphatic heterocycles. The number of hydrogen-bond donors (Lipinski definition) is 2. The van der Waals surface area contributed by atoms with Crippen molar-refractivity contribution in [1.82, 2.24) is 9.97 Å². The van der Waals surface area contributed by atoms with Crippen LogP contribution in [0, 0.1) is 5.92 Å². The van der Waals surface area contributed by atoms with Gasteiger partial charge < -0.3 is 25.4 Å². The fourth-order valence-corrected chi connectivity index (χ4v) is 3.00. The SMILES string of the molecule is CCOC(=O)C1CCN(c2ncnc(N(CC)CCO)c2N)CC1. The fourth-order valence-electron chi connectivity index (χ4n) is 3.00. The second kappa shape index (κ2) is 8.68. The average Bonchev–Trinajstić information content (AvgIpc) is 2.60. The first-order valence-corrected chi connectivity index (χ1v) is 8.50. The quantitative estimate of drug-likeness (QED) is 0.699. The van der Waals surface area contributed by atoms with Crippen molar-refractivity contribution in [2.75, 3.05) is 54.9 Å². The molecule has 1 fully saturated rings. The van der Waals surface area contributed by atoms with Gasteiger partial charge in [-0.15, -0.1) is 0 Å². The lowest BCUT2D eigenvalue weighted by atomic mass is 9.97. The number of nitrogen functional groups attached to an aromatic ring is 1. The summed E-state index contributed by atoms with van der Waals surface area (Å²) in [7, 11) is 0. The Balaban J connectivity index is 2.09. The maximum Gasteiger partial charge on any atom is 0.309 e. The van der Waals surface area contributed by atoms with Gasteiger partial charge in [-0.25, -0.2) is 9.97 Å². The number of esters is 1. The molecule has 1 aromatic heterocycles. The van der Waals surface area contributed by atoms with E-state index >= 15 is 0 Å². The molecule has 0 aromatic carbocycles. The third-order valence-electron chi connectivity index (χ3n) is 4.31. The Hall–Kier alpha value is -2.09. The van der Waals surface area contributed by atoms with Gasteiger partial charge in [-0.05, 0) is 26.7 Å². The summed E-state index contributed by atoms with van der Waals surface area (Å²) in [6, 6.07) is 0. The van der Waals surface area contributed by atoms with Crippen molar-refractivity contribution in [1.29, 1.82) is 0 Å². The highest BCUT2D eigenvalue weighted by Crippen LogP contribution is 2.31. The number of anilines is 3. The normalized spacial score (nSPS) is 15.4. The van der Waals surface area contributed by atoms with E-state index in [0.717, 1.165) is 12.8 Å². The summed E-state index contributed by atoms with van der Waals surface area (Å²) in [5.41, 5.74) is 6.80. The second-order valence-electron chi connectivity index (χ2n) is 5.75. The van der Waals surface area contributed by atoms with Crippen molar-refractivity contribution in [2.45, 2.75) is 26.7 Å². The van der Waals surface area contributed by atoms with Crippen molar-refractivity contribution in [3.8, 4) is 0 Å². The molecule has 0 bridgehead atoms. The molecule has 0 aliphatic carbocycles. The minimum absolute atomic E-state index is 0.0392. The van der Waals surface area contributed by atoms with Crippen molar-refractivity contribution < 1.29 is 14.6 Å². The van der Waals surface area contributed by atoms with Gasteiger partial charge in [-0.3, -0.25) is 4.79 Å². The minimum Gasteiger partial charge on any atom is -0.466 e. The monoisotopic (exact) mass is 337 g/mol. The van der Waals surface area contributed by atoms with Crippen LogP contribution in [0.2, 0.25) is 0 Å². The van der Waals surface area contributed by atoms with Crippen LogP contribution < -0.4 is 15.5 Å². The number of nitrogens with zero attached hydrogens (tertiary/aromatic N) is 4. The molecule has 8 heteroatoms. The molecule has 0 spiro atoms. The largest absolute Gasteiger partial charge is 0.466 e. The molecule has 8 nitrogen and oxygen atoms in total. The van der Waals surface area contributed by atoms with Gasteiger partial charge in [0.2, 0.25) is 0 Å². The van der Waals surface area contributed by atoms with E-state index < -0.39 is 0 Å². The zero-order chi connectivity index (χ0) is 17.5. The van der Waals surface area contributed by atoms with E-state index in [0.29, 0.717) is 50.1 Å². The van der Waals surface area contributed by atoms with Crippen LogP contribution in [0.3, 0.4) is 0 Å². The second-order valence-corrected chi connectivity index (χ2v) is 5.75. The highest BCUT2D eigenvalue weighted by molar-refractivity contribution is 5.76. The van der Waals surface area contributed by atoms with Crippen LogP contribution in [0.5, 0.6) is 0 Å². The fraction of sp³-hybridized carbons (Fsp3) is 0.688. The molecule has 1 aliphatic rings. The molecule has 134 valence electrons. The van der Waals surface area contributed by atoms with Crippen LogP contribution in [0.1, 0.15) is 26.7 Å². The number of carbonyl (C=O) groups excluding carboxylic acids is 1. The number of aliphatic hydroxyl groups is 1. The number of likely N-dealkylation sites (N-methyl/N-ethyl adjacent to an activating group) is 1. The van der Waals surface area contributed by atoms with E-state index in [-0.39, 0.29) is 18.5 Å². The number of hydrogen-bond acceptors (Lipinski definition) is 8. The third kappa shape index (κ3) is 4.05. The lowest BCUT2D eigenvalue weighted by molar-refractivity contribution is -0.148. The van der Waals surface area contributed by atoms with E-state index in [1.54, 1.807) is 0 Å². The Bertz CT molecular complexity index is 547. The predicted molar refractivity (Wildman–Crippen MR) is 93.0 cm³/mol. The topological polar surface area (TPSA) is 105 Å². The summed E-state index contributed by atoms with van der Waals surface area (Å²) < 4.78 is 5.10. The van der Waals surface area contributed by atoms with Gasteiger partial charge in [0.25, 0.3) is 0 Å². The Morgan fingerprint density at radius 2 is 2.12 bits per heavy atom. The van der Waals surface area contributed by atoms with E-state index in [9.17, 15) is 9.90 Å². The van der Waals surface area contributed by atoms with E-state index in [1.165, 1.54) is 6.33 Å². The summed E-state index contributed by atoms with van der Waals surface area (Å²) in [4.78, 5) is 24.4. The molecule has 1 saturated heterocycles. The summed E-state index contributed by atoms with van der Waals surface area (Å²) in [5, 5.41) is 9.18. The zero-order valence-corrected chi connectivity index (χ0v) is 14.4. The molecule has 1 aromatic rings. The summed E-state index contributed by atoms with van der Waals surface area (Å²) in [6.45, 7) is 6.85. The zero-order valence-electron chi connectivity index (χ0n) is 14.4. The van der Waals surface area contributed by atoms with Crippen LogP contribution in [0.25, 0.3) is 0 Å². The molecule has 0 radical (unpaired) electrons. The first kappa shape index (κ1) is 18.3. The minimum atomic E-state index is -0.117. The molecular weight excluding hydrogens is 310 g/mol. The smallest absolute Gasteiger partial charge is 0.309 e. The standard InChI is InChI=1S/C16H27N5O3/c1-3-20(9-10-22)14-13(17)15(19-11-18-14)21-7-5-12(6-8-21)16(23)24-4-2/h11-12,22H,3-10,17H2,1-2H3. The Kier molecular flexibility index (Phi) is 6.60. The van der Waals surface area contributed by atoms with Crippen molar-refractivity contribution in [2.24, 2.45) is 5.92 Å². The van der Waals surface area contributed by atoms with Crippen LogP contribution >= 0.6 is 0 Å². The number of aliphatic hydroxyl groups excluding tert-OH is 1.